The van der Waals surface area contributed by atoms with Crippen LogP contribution in [0.25, 0.3) is 64.6 Å². The zero-order valence-corrected chi connectivity index (χ0v) is 29.3. The molecular weight excluding hydrogens is 637 g/mol. The molecule has 0 aliphatic heterocycles. The lowest BCUT2D eigenvalue weighted by Crippen LogP contribution is -2.15. The molecule has 0 saturated carbocycles. The van der Waals surface area contributed by atoms with Crippen LogP contribution in [0.15, 0.2) is 170 Å². The number of fused-ring (bicyclic) bond motifs is 6. The van der Waals surface area contributed by atoms with Gasteiger partial charge in [0.2, 0.25) is 0 Å². The van der Waals surface area contributed by atoms with E-state index in [1.165, 1.54) is 65.2 Å². The molecule has 8 aromatic carbocycles. The minimum atomic E-state index is -0.148. The number of benzene rings is 8. The van der Waals surface area contributed by atoms with Gasteiger partial charge < -0.3 is 4.90 Å². The maximum Gasteiger partial charge on any atom is 0.124 e. The van der Waals surface area contributed by atoms with Gasteiger partial charge in [0.25, 0.3) is 0 Å². The number of anilines is 3. The van der Waals surface area contributed by atoms with Crippen LogP contribution in [-0.4, -0.2) is 4.98 Å². The Morgan fingerprint density at radius 2 is 1.00 bits per heavy atom. The Bertz CT molecular complexity index is 2760. The van der Waals surface area contributed by atoms with Crippen LogP contribution in [-0.2, 0) is 5.41 Å². The van der Waals surface area contributed by atoms with Crippen LogP contribution >= 0.6 is 11.3 Å². The molecule has 3 heteroatoms. The molecule has 51 heavy (non-hydrogen) atoms. The molecule has 0 saturated heterocycles. The molecule has 0 bridgehead atoms. The highest BCUT2D eigenvalue weighted by atomic mass is 32.1. The van der Waals surface area contributed by atoms with Gasteiger partial charge >= 0.3 is 0 Å². The summed E-state index contributed by atoms with van der Waals surface area (Å²) in [4.78, 5) is 7.47. The summed E-state index contributed by atoms with van der Waals surface area (Å²) in [5.74, 6) is 0. The first-order valence-electron chi connectivity index (χ1n) is 17.5. The first-order valence-corrected chi connectivity index (χ1v) is 18.3. The van der Waals surface area contributed by atoms with Gasteiger partial charge in [-0.05, 0) is 116 Å². The average molecular weight is 671 g/mol. The van der Waals surface area contributed by atoms with E-state index in [0.29, 0.717) is 0 Å². The lowest BCUT2D eigenvalue weighted by Gasteiger charge is -2.27. The maximum absolute atomic E-state index is 5.09. The molecule has 0 amide bonds. The van der Waals surface area contributed by atoms with Crippen molar-refractivity contribution in [2.45, 2.75) is 19.3 Å². The number of nitrogens with zero attached hydrogens (tertiary/aromatic N) is 2. The molecular formula is C48H34N2S. The normalized spacial score (nSPS) is 13.1. The maximum atomic E-state index is 5.09. The Morgan fingerprint density at radius 1 is 0.451 bits per heavy atom. The standard InChI is InChI=1S/C48H34N2S/c1-48(2)43-28-37-26-40(24-20-36(37)27-41(43)42-29-46-45(30-44(42)48)49-47(51-46)34-14-7-4-8-15-34)50(39-23-19-32-13-9-10-16-35(32)25-39)38-21-17-33(18-22-38)31-11-5-3-6-12-31/h3-30H,1-2H3. The van der Waals surface area contributed by atoms with E-state index in [1.54, 1.807) is 11.3 Å². The summed E-state index contributed by atoms with van der Waals surface area (Å²) >= 11 is 1.78. The molecule has 1 aliphatic carbocycles. The Kier molecular flexibility index (Phi) is 6.74. The molecule has 1 aromatic heterocycles. The van der Waals surface area contributed by atoms with Crippen molar-refractivity contribution in [2.75, 3.05) is 4.90 Å². The van der Waals surface area contributed by atoms with Crippen molar-refractivity contribution in [3.8, 4) is 32.8 Å². The van der Waals surface area contributed by atoms with Gasteiger partial charge in [0.15, 0.2) is 0 Å². The number of hydrogen-bond acceptors (Lipinski definition) is 3. The molecule has 1 aliphatic rings. The van der Waals surface area contributed by atoms with Crippen LogP contribution < -0.4 is 4.90 Å². The molecule has 0 atom stereocenters. The van der Waals surface area contributed by atoms with Crippen LogP contribution in [0.2, 0.25) is 0 Å². The number of rotatable bonds is 5. The summed E-state index contributed by atoms with van der Waals surface area (Å²) in [5, 5.41) is 6.02. The van der Waals surface area contributed by atoms with E-state index >= 15 is 0 Å². The fourth-order valence-electron chi connectivity index (χ4n) is 7.92. The highest BCUT2D eigenvalue weighted by Gasteiger charge is 2.36. The zero-order valence-electron chi connectivity index (χ0n) is 28.5. The van der Waals surface area contributed by atoms with Gasteiger partial charge in [-0.2, -0.15) is 0 Å². The molecule has 1 heterocycles. The van der Waals surface area contributed by atoms with Gasteiger partial charge in [-0.1, -0.05) is 123 Å². The summed E-state index contributed by atoms with van der Waals surface area (Å²) in [6.07, 6.45) is 0. The third kappa shape index (κ3) is 4.96. The lowest BCUT2D eigenvalue weighted by molar-refractivity contribution is 0.662. The molecule has 0 N–H and O–H groups in total. The lowest BCUT2D eigenvalue weighted by atomic mass is 9.82. The third-order valence-electron chi connectivity index (χ3n) is 10.6. The highest BCUT2D eigenvalue weighted by molar-refractivity contribution is 7.21. The van der Waals surface area contributed by atoms with Gasteiger partial charge in [0.1, 0.15) is 5.01 Å². The van der Waals surface area contributed by atoms with Crippen LogP contribution in [0.3, 0.4) is 0 Å². The van der Waals surface area contributed by atoms with Crippen LogP contribution in [0.1, 0.15) is 25.0 Å². The zero-order chi connectivity index (χ0) is 34.1. The van der Waals surface area contributed by atoms with Crippen molar-refractivity contribution in [3.63, 3.8) is 0 Å². The van der Waals surface area contributed by atoms with Crippen molar-refractivity contribution in [1.82, 2.24) is 4.98 Å². The molecule has 0 spiro atoms. The average Bonchev–Trinajstić information content (AvgIpc) is 3.69. The summed E-state index contributed by atoms with van der Waals surface area (Å²) < 4.78 is 1.23. The first-order chi connectivity index (χ1) is 25.0. The highest BCUT2D eigenvalue weighted by Crippen LogP contribution is 2.52. The summed E-state index contributed by atoms with van der Waals surface area (Å²) in [6, 6.07) is 61.9. The largest absolute Gasteiger partial charge is 0.310 e. The molecule has 0 radical (unpaired) electrons. The van der Waals surface area contributed by atoms with Crippen molar-refractivity contribution >= 4 is 60.2 Å². The monoisotopic (exact) mass is 670 g/mol. The topological polar surface area (TPSA) is 16.1 Å². The third-order valence-corrected chi connectivity index (χ3v) is 11.7. The summed E-state index contributed by atoms with van der Waals surface area (Å²) in [7, 11) is 0. The van der Waals surface area contributed by atoms with Crippen LogP contribution in [0.5, 0.6) is 0 Å². The predicted octanol–water partition coefficient (Wildman–Crippen LogP) is 13.7. The number of hydrogen-bond donors (Lipinski definition) is 0. The number of thiazole rings is 1. The second kappa shape index (κ2) is 11.5. The van der Waals surface area contributed by atoms with E-state index in [0.717, 1.165) is 27.6 Å². The van der Waals surface area contributed by atoms with Crippen molar-refractivity contribution in [3.05, 3.63) is 181 Å². The molecule has 0 unspecified atom stereocenters. The SMILES string of the molecule is CC1(C)c2cc3cc(N(c4ccc(-c5ccccc5)cc4)c4ccc5ccccc5c4)ccc3cc2-c2cc3sc(-c4ccccc4)nc3cc21. The van der Waals surface area contributed by atoms with Gasteiger partial charge in [-0.3, -0.25) is 0 Å². The Labute approximate surface area is 301 Å². The van der Waals surface area contributed by atoms with E-state index < -0.39 is 0 Å². The van der Waals surface area contributed by atoms with Crippen molar-refractivity contribution < 1.29 is 0 Å². The van der Waals surface area contributed by atoms with E-state index in [4.69, 9.17) is 4.98 Å². The fraction of sp³-hybridized carbons (Fsp3) is 0.0625. The van der Waals surface area contributed by atoms with Crippen molar-refractivity contribution in [2.24, 2.45) is 0 Å². The quantitative estimate of drug-likeness (QED) is 0.181. The van der Waals surface area contributed by atoms with Gasteiger partial charge in [-0.25, -0.2) is 4.98 Å². The van der Waals surface area contributed by atoms with Crippen LogP contribution in [0.4, 0.5) is 17.1 Å². The van der Waals surface area contributed by atoms with Gasteiger partial charge in [-0.15, -0.1) is 11.3 Å². The van der Waals surface area contributed by atoms with Gasteiger partial charge in [0.05, 0.1) is 10.2 Å². The second-order valence-corrected chi connectivity index (χ2v) is 15.1. The van der Waals surface area contributed by atoms with Gasteiger partial charge in [0, 0.05) is 28.0 Å². The smallest absolute Gasteiger partial charge is 0.124 e. The van der Waals surface area contributed by atoms with E-state index in [9.17, 15) is 0 Å². The minimum Gasteiger partial charge on any atom is -0.310 e. The molecule has 2 nitrogen and oxygen atoms in total. The summed E-state index contributed by atoms with van der Waals surface area (Å²) in [5.41, 5.74) is 13.3. The number of aromatic nitrogens is 1. The second-order valence-electron chi connectivity index (χ2n) is 14.1. The van der Waals surface area contributed by atoms with E-state index in [1.807, 2.05) is 0 Å². The van der Waals surface area contributed by atoms with E-state index in [-0.39, 0.29) is 5.41 Å². The predicted molar refractivity (Wildman–Crippen MR) is 218 cm³/mol. The Morgan fingerprint density at radius 3 is 1.75 bits per heavy atom. The van der Waals surface area contributed by atoms with Crippen molar-refractivity contribution in [1.29, 1.82) is 0 Å². The molecule has 10 rings (SSSR count). The first kappa shape index (κ1) is 29.8. The fourth-order valence-corrected chi connectivity index (χ4v) is 8.92. The molecule has 242 valence electrons. The summed E-state index contributed by atoms with van der Waals surface area (Å²) in [6.45, 7) is 4.72. The van der Waals surface area contributed by atoms with Crippen LogP contribution in [0, 0.1) is 0 Å². The molecule has 0 fully saturated rings. The Balaban J connectivity index is 1.09. The van der Waals surface area contributed by atoms with E-state index in [2.05, 4.69) is 189 Å². The minimum absolute atomic E-state index is 0.148. The Hall–Kier alpha value is -6.03. The molecule has 9 aromatic rings.